The minimum Gasteiger partial charge on any atom is -0.387 e. The number of hydrogen-bond donors (Lipinski definition) is 4. The largest absolute Gasteiger partial charge is 0.472 e. The fourth-order valence-electron chi connectivity index (χ4n) is 4.92. The van der Waals surface area contributed by atoms with Crippen LogP contribution >= 0.6 is 7.82 Å². The summed E-state index contributed by atoms with van der Waals surface area (Å²) in [6.07, 6.45) is 36.2. The first-order chi connectivity index (χ1) is 21.9. The van der Waals surface area contributed by atoms with Crippen LogP contribution < -0.4 is 11.1 Å². The van der Waals surface area contributed by atoms with Crippen molar-refractivity contribution < 1.29 is 28.4 Å². The van der Waals surface area contributed by atoms with Crippen LogP contribution in [0.15, 0.2) is 36.5 Å². The molecule has 45 heavy (non-hydrogen) atoms. The van der Waals surface area contributed by atoms with Crippen molar-refractivity contribution in [3.8, 4) is 0 Å². The van der Waals surface area contributed by atoms with Gasteiger partial charge >= 0.3 is 7.82 Å². The Morgan fingerprint density at radius 2 is 1.22 bits per heavy atom. The van der Waals surface area contributed by atoms with Crippen LogP contribution in [0.4, 0.5) is 0 Å². The number of allylic oxidation sites excluding steroid dienone is 5. The van der Waals surface area contributed by atoms with Gasteiger partial charge in [-0.1, -0.05) is 134 Å². The molecule has 1 amide bonds. The van der Waals surface area contributed by atoms with Gasteiger partial charge in [0.2, 0.25) is 5.91 Å². The number of nitrogens with two attached hydrogens (primary N) is 1. The molecule has 9 heteroatoms. The lowest BCUT2D eigenvalue weighted by atomic mass is 10.1. The number of phosphoric ester groups is 1. The summed E-state index contributed by atoms with van der Waals surface area (Å²) in [6, 6.07) is -0.861. The Labute approximate surface area is 276 Å². The summed E-state index contributed by atoms with van der Waals surface area (Å²) in [4.78, 5) is 22.5. The zero-order valence-corrected chi connectivity index (χ0v) is 29.7. The van der Waals surface area contributed by atoms with Crippen LogP contribution in [0.3, 0.4) is 0 Å². The van der Waals surface area contributed by atoms with Crippen molar-refractivity contribution in [1.29, 1.82) is 0 Å². The number of unbranched alkanes of at least 4 members (excludes halogenated alkanes) is 17. The third kappa shape index (κ3) is 31.1. The second kappa shape index (κ2) is 32.7. The van der Waals surface area contributed by atoms with E-state index in [4.69, 9.17) is 14.8 Å². The quantitative estimate of drug-likeness (QED) is 0.0315. The SMILES string of the molecule is CCCCC/C=C\C/C=C\CCCCCCCCCC(=O)NC(COP(=O)(O)OCCN)C(O)/C=C/CCCCCCCCC. The summed E-state index contributed by atoms with van der Waals surface area (Å²) in [5, 5.41) is 13.5. The molecule has 3 atom stereocenters. The molecular formula is C36H69N2O6P. The first-order valence-electron chi connectivity index (χ1n) is 18.1. The van der Waals surface area contributed by atoms with E-state index in [-0.39, 0.29) is 25.7 Å². The van der Waals surface area contributed by atoms with Crippen LogP contribution in [0.1, 0.15) is 155 Å². The lowest BCUT2D eigenvalue weighted by Crippen LogP contribution is -2.45. The Kier molecular flexibility index (Phi) is 31.7. The molecule has 0 radical (unpaired) electrons. The third-order valence-corrected chi connectivity index (χ3v) is 8.69. The van der Waals surface area contributed by atoms with Gasteiger partial charge in [-0.15, -0.1) is 0 Å². The molecule has 0 saturated heterocycles. The maximum Gasteiger partial charge on any atom is 0.472 e. The highest BCUT2D eigenvalue weighted by atomic mass is 31.2. The molecule has 0 bridgehead atoms. The van der Waals surface area contributed by atoms with Crippen molar-refractivity contribution in [3.05, 3.63) is 36.5 Å². The van der Waals surface area contributed by atoms with Crippen LogP contribution in [0, 0.1) is 0 Å². The number of carbonyl (C=O) groups excluding carboxylic acids is 1. The van der Waals surface area contributed by atoms with Crippen molar-refractivity contribution in [2.75, 3.05) is 19.8 Å². The van der Waals surface area contributed by atoms with Gasteiger partial charge in [-0.3, -0.25) is 13.8 Å². The van der Waals surface area contributed by atoms with E-state index in [1.807, 2.05) is 6.08 Å². The van der Waals surface area contributed by atoms with Crippen LogP contribution in [-0.2, 0) is 18.4 Å². The minimum absolute atomic E-state index is 0.0761. The summed E-state index contributed by atoms with van der Waals surface area (Å²) in [6.45, 7) is 4.05. The second-order valence-electron chi connectivity index (χ2n) is 12.1. The van der Waals surface area contributed by atoms with E-state index in [1.54, 1.807) is 6.08 Å². The first-order valence-corrected chi connectivity index (χ1v) is 19.6. The molecule has 0 saturated carbocycles. The molecule has 8 nitrogen and oxygen atoms in total. The van der Waals surface area contributed by atoms with Gasteiger partial charge in [0.15, 0.2) is 0 Å². The van der Waals surface area contributed by atoms with Gasteiger partial charge in [-0.25, -0.2) is 4.57 Å². The summed E-state index contributed by atoms with van der Waals surface area (Å²) in [5.74, 6) is -0.207. The van der Waals surface area contributed by atoms with Crippen molar-refractivity contribution >= 4 is 13.7 Å². The van der Waals surface area contributed by atoms with E-state index >= 15 is 0 Å². The van der Waals surface area contributed by atoms with Gasteiger partial charge in [0.05, 0.1) is 25.4 Å². The Bertz CT molecular complexity index is 804. The highest BCUT2D eigenvalue weighted by Crippen LogP contribution is 2.43. The number of rotatable bonds is 33. The molecule has 0 rings (SSSR count). The lowest BCUT2D eigenvalue weighted by molar-refractivity contribution is -0.123. The Balaban J connectivity index is 4.28. The Hall–Kier alpha value is -1.28. The van der Waals surface area contributed by atoms with Crippen LogP contribution in [-0.4, -0.2) is 47.8 Å². The molecular weight excluding hydrogens is 587 g/mol. The summed E-state index contributed by atoms with van der Waals surface area (Å²) >= 11 is 0. The molecule has 0 aliphatic carbocycles. The lowest BCUT2D eigenvalue weighted by Gasteiger charge is -2.23. The summed E-state index contributed by atoms with van der Waals surface area (Å²) in [5.41, 5.74) is 5.34. The average molecular weight is 657 g/mol. The van der Waals surface area contributed by atoms with E-state index in [0.717, 1.165) is 51.4 Å². The van der Waals surface area contributed by atoms with Crippen molar-refractivity contribution in [2.24, 2.45) is 5.73 Å². The molecule has 0 aliphatic heterocycles. The fourth-order valence-corrected chi connectivity index (χ4v) is 5.68. The number of aliphatic hydroxyl groups excluding tert-OH is 1. The first kappa shape index (κ1) is 43.7. The highest BCUT2D eigenvalue weighted by molar-refractivity contribution is 7.47. The van der Waals surface area contributed by atoms with Gasteiger partial charge < -0.3 is 21.1 Å². The highest BCUT2D eigenvalue weighted by Gasteiger charge is 2.26. The standard InChI is InChI=1S/C36H69N2O6P/c1-3-5-7-9-11-13-14-15-16-17-18-19-20-22-24-26-28-30-36(40)38-34(33-44-45(41,42)43-32-31-37)35(39)29-27-25-23-21-12-10-8-6-4-2/h11,13,15-16,27,29,34-35,39H,3-10,12,14,17-26,28,30-33,37H2,1-2H3,(H,38,40)(H,41,42)/b13-11-,16-15-,29-27+. The van der Waals surface area contributed by atoms with E-state index < -0.39 is 20.0 Å². The molecule has 0 aliphatic rings. The van der Waals surface area contributed by atoms with Gasteiger partial charge in [-0.2, -0.15) is 0 Å². The maximum absolute atomic E-state index is 12.6. The molecule has 3 unspecified atom stereocenters. The minimum atomic E-state index is -4.33. The number of hydrogen-bond acceptors (Lipinski definition) is 6. The van der Waals surface area contributed by atoms with Crippen molar-refractivity contribution in [1.82, 2.24) is 5.32 Å². The second-order valence-corrected chi connectivity index (χ2v) is 13.5. The van der Waals surface area contributed by atoms with Crippen LogP contribution in [0.5, 0.6) is 0 Å². The van der Waals surface area contributed by atoms with Gasteiger partial charge in [0, 0.05) is 13.0 Å². The predicted octanol–water partition coefficient (Wildman–Crippen LogP) is 9.22. The molecule has 0 spiro atoms. The molecule has 0 aromatic heterocycles. The summed E-state index contributed by atoms with van der Waals surface area (Å²) in [7, 11) is -4.33. The van der Waals surface area contributed by atoms with E-state index in [1.165, 1.54) is 83.5 Å². The normalized spacial score (nSPS) is 14.9. The molecule has 0 aromatic carbocycles. The zero-order valence-electron chi connectivity index (χ0n) is 28.8. The van der Waals surface area contributed by atoms with Crippen molar-refractivity contribution in [3.63, 3.8) is 0 Å². The van der Waals surface area contributed by atoms with E-state index in [9.17, 15) is 19.4 Å². The molecule has 0 fully saturated rings. The molecule has 0 heterocycles. The smallest absolute Gasteiger partial charge is 0.387 e. The number of phosphoric acid groups is 1. The number of carbonyl (C=O) groups is 1. The van der Waals surface area contributed by atoms with Crippen LogP contribution in [0.2, 0.25) is 0 Å². The number of aliphatic hydroxyl groups is 1. The Morgan fingerprint density at radius 3 is 1.80 bits per heavy atom. The zero-order chi connectivity index (χ0) is 33.3. The van der Waals surface area contributed by atoms with Crippen LogP contribution in [0.25, 0.3) is 0 Å². The number of amides is 1. The molecule has 264 valence electrons. The van der Waals surface area contributed by atoms with E-state index in [0.29, 0.717) is 6.42 Å². The predicted molar refractivity (Wildman–Crippen MR) is 189 cm³/mol. The van der Waals surface area contributed by atoms with Crippen molar-refractivity contribution in [2.45, 2.75) is 167 Å². The summed E-state index contributed by atoms with van der Waals surface area (Å²) < 4.78 is 21.9. The molecule has 5 N–H and O–H groups in total. The average Bonchev–Trinajstić information content (AvgIpc) is 3.02. The van der Waals surface area contributed by atoms with Gasteiger partial charge in [0.25, 0.3) is 0 Å². The monoisotopic (exact) mass is 656 g/mol. The fraction of sp³-hybridized carbons (Fsp3) is 0.806. The maximum atomic E-state index is 12.6. The third-order valence-electron chi connectivity index (χ3n) is 7.71. The molecule has 0 aromatic rings. The Morgan fingerprint density at radius 1 is 0.733 bits per heavy atom. The number of nitrogens with one attached hydrogen (secondary N) is 1. The van der Waals surface area contributed by atoms with Gasteiger partial charge in [0.1, 0.15) is 0 Å². The van der Waals surface area contributed by atoms with E-state index in [2.05, 4.69) is 43.5 Å². The topological polar surface area (TPSA) is 131 Å². The van der Waals surface area contributed by atoms with Gasteiger partial charge in [-0.05, 0) is 51.4 Å².